The molecule has 0 atom stereocenters. The second-order valence-corrected chi connectivity index (χ2v) is 3.41. The van der Waals surface area contributed by atoms with Crippen molar-refractivity contribution in [2.45, 2.75) is 26.8 Å². The van der Waals surface area contributed by atoms with Crippen LogP contribution in [0.3, 0.4) is 0 Å². The largest absolute Gasteiger partial charge is 0.368 e. The van der Waals surface area contributed by atoms with Crippen molar-refractivity contribution in [3.05, 3.63) is 0 Å². The van der Waals surface area contributed by atoms with Gasteiger partial charge in [0.05, 0.1) is 13.1 Å². The van der Waals surface area contributed by atoms with Crippen molar-refractivity contribution in [2.24, 2.45) is 5.73 Å². The summed E-state index contributed by atoms with van der Waals surface area (Å²) in [6.45, 7) is 6.47. The van der Waals surface area contributed by atoms with Gasteiger partial charge in [-0.25, -0.2) is 0 Å². The Kier molecular flexibility index (Phi) is 5.87. The van der Waals surface area contributed by atoms with Crippen LogP contribution < -0.4 is 11.1 Å². The Balaban J connectivity index is 3.98. The van der Waals surface area contributed by atoms with Crippen LogP contribution in [0.5, 0.6) is 0 Å². The average Bonchev–Trinajstić information content (AvgIpc) is 2.09. The third-order valence-electron chi connectivity index (χ3n) is 1.74. The minimum atomic E-state index is -0.482. The van der Waals surface area contributed by atoms with Crippen LogP contribution in [0.2, 0.25) is 0 Å². The molecule has 0 saturated carbocycles. The second-order valence-electron chi connectivity index (χ2n) is 3.41. The van der Waals surface area contributed by atoms with E-state index in [9.17, 15) is 9.59 Å². The van der Waals surface area contributed by atoms with Crippen LogP contribution in [0.25, 0.3) is 0 Å². The number of rotatable bonds is 6. The highest BCUT2D eigenvalue weighted by Crippen LogP contribution is 1.88. The first-order valence-electron chi connectivity index (χ1n) is 4.76. The number of hydrogen-bond acceptors (Lipinski definition) is 3. The zero-order valence-corrected chi connectivity index (χ0v) is 9.04. The predicted molar refractivity (Wildman–Crippen MR) is 54.6 cm³/mol. The highest BCUT2D eigenvalue weighted by Gasteiger charge is 2.13. The van der Waals surface area contributed by atoms with Gasteiger partial charge >= 0.3 is 0 Å². The first-order chi connectivity index (χ1) is 6.47. The molecule has 0 aliphatic heterocycles. The molecule has 0 unspecified atom stereocenters. The van der Waals surface area contributed by atoms with E-state index < -0.39 is 5.91 Å². The molecule has 82 valence electrons. The van der Waals surface area contributed by atoms with Crippen molar-refractivity contribution < 1.29 is 9.59 Å². The number of nitrogens with one attached hydrogen (secondary N) is 1. The Morgan fingerprint density at radius 1 is 1.43 bits per heavy atom. The lowest BCUT2D eigenvalue weighted by atomic mass is 10.3. The first-order valence-corrected chi connectivity index (χ1v) is 4.76. The van der Waals surface area contributed by atoms with Gasteiger partial charge in [-0.15, -0.1) is 0 Å². The van der Waals surface area contributed by atoms with Gasteiger partial charge in [0.1, 0.15) is 0 Å². The van der Waals surface area contributed by atoms with Gasteiger partial charge in [-0.05, 0) is 6.92 Å². The van der Waals surface area contributed by atoms with Crippen LogP contribution in [0.15, 0.2) is 0 Å². The molecule has 0 aliphatic carbocycles. The molecule has 5 heteroatoms. The van der Waals surface area contributed by atoms with Crippen molar-refractivity contribution in [1.29, 1.82) is 0 Å². The van der Waals surface area contributed by atoms with Crippen molar-refractivity contribution in [2.75, 3.05) is 19.6 Å². The molecule has 2 amide bonds. The van der Waals surface area contributed by atoms with E-state index in [0.717, 1.165) is 0 Å². The third kappa shape index (κ3) is 5.53. The van der Waals surface area contributed by atoms with Crippen molar-refractivity contribution in [3.63, 3.8) is 0 Å². The zero-order valence-electron chi connectivity index (χ0n) is 9.04. The molecule has 0 aromatic carbocycles. The fourth-order valence-corrected chi connectivity index (χ4v) is 0.968. The SMILES string of the molecule is CCN(CC(N)=O)C(=O)CNC(C)C. The minimum Gasteiger partial charge on any atom is -0.368 e. The summed E-state index contributed by atoms with van der Waals surface area (Å²) in [5.41, 5.74) is 5.01. The lowest BCUT2D eigenvalue weighted by Crippen LogP contribution is -2.43. The number of hydrogen-bond donors (Lipinski definition) is 2. The molecule has 3 N–H and O–H groups in total. The number of primary amides is 1. The molecule has 0 bridgehead atoms. The topological polar surface area (TPSA) is 75.4 Å². The molecule has 0 spiro atoms. The van der Waals surface area contributed by atoms with Gasteiger partial charge in [-0.2, -0.15) is 0 Å². The summed E-state index contributed by atoms with van der Waals surface area (Å²) in [4.78, 5) is 23.5. The van der Waals surface area contributed by atoms with Crippen molar-refractivity contribution in [1.82, 2.24) is 10.2 Å². The summed E-state index contributed by atoms with van der Waals surface area (Å²) < 4.78 is 0. The lowest BCUT2D eigenvalue weighted by Gasteiger charge is -2.19. The summed E-state index contributed by atoms with van der Waals surface area (Å²) in [6.07, 6.45) is 0. The van der Waals surface area contributed by atoms with Gasteiger partial charge in [0.25, 0.3) is 0 Å². The molecule has 0 rings (SSSR count). The van der Waals surface area contributed by atoms with Crippen LogP contribution in [-0.2, 0) is 9.59 Å². The van der Waals surface area contributed by atoms with E-state index in [2.05, 4.69) is 5.32 Å². The molecular formula is C9H19N3O2. The molecule has 0 aromatic rings. The standard InChI is InChI=1S/C9H19N3O2/c1-4-12(6-8(10)13)9(14)5-11-7(2)3/h7,11H,4-6H2,1-3H3,(H2,10,13). The number of carbonyl (C=O) groups excluding carboxylic acids is 2. The van der Waals surface area contributed by atoms with Gasteiger partial charge in [0.2, 0.25) is 11.8 Å². The Labute approximate surface area is 84.6 Å². The van der Waals surface area contributed by atoms with E-state index in [1.807, 2.05) is 20.8 Å². The van der Waals surface area contributed by atoms with Crippen LogP contribution in [0.4, 0.5) is 0 Å². The maximum Gasteiger partial charge on any atom is 0.237 e. The lowest BCUT2D eigenvalue weighted by molar-refractivity contribution is -0.134. The van der Waals surface area contributed by atoms with E-state index in [1.165, 1.54) is 4.90 Å². The van der Waals surface area contributed by atoms with E-state index in [4.69, 9.17) is 5.73 Å². The van der Waals surface area contributed by atoms with Gasteiger partial charge in [-0.1, -0.05) is 13.8 Å². The van der Waals surface area contributed by atoms with Crippen LogP contribution in [0, 0.1) is 0 Å². The van der Waals surface area contributed by atoms with Gasteiger partial charge < -0.3 is 16.0 Å². The Bertz CT molecular complexity index is 204. The third-order valence-corrected chi connectivity index (χ3v) is 1.74. The molecule has 0 saturated heterocycles. The first kappa shape index (κ1) is 12.9. The summed E-state index contributed by atoms with van der Waals surface area (Å²) in [6, 6.07) is 0.256. The van der Waals surface area contributed by atoms with Gasteiger partial charge in [0.15, 0.2) is 0 Å². The van der Waals surface area contributed by atoms with E-state index >= 15 is 0 Å². The number of amides is 2. The fraction of sp³-hybridized carbons (Fsp3) is 0.778. The maximum atomic E-state index is 11.5. The smallest absolute Gasteiger partial charge is 0.237 e. The number of likely N-dealkylation sites (N-methyl/N-ethyl adjacent to an activating group) is 1. The van der Waals surface area contributed by atoms with Crippen LogP contribution in [0.1, 0.15) is 20.8 Å². The molecule has 0 aliphatic rings. The maximum absolute atomic E-state index is 11.5. The summed E-state index contributed by atoms with van der Waals surface area (Å²) >= 11 is 0. The summed E-state index contributed by atoms with van der Waals surface area (Å²) in [5.74, 6) is -0.579. The number of nitrogens with zero attached hydrogens (tertiary/aromatic N) is 1. The number of nitrogens with two attached hydrogens (primary N) is 1. The zero-order chi connectivity index (χ0) is 11.1. The highest BCUT2D eigenvalue weighted by molar-refractivity contribution is 5.84. The normalized spacial score (nSPS) is 10.3. The van der Waals surface area contributed by atoms with Crippen molar-refractivity contribution in [3.8, 4) is 0 Å². The Hall–Kier alpha value is -1.10. The molecule has 14 heavy (non-hydrogen) atoms. The molecule has 0 fully saturated rings. The van der Waals surface area contributed by atoms with Crippen LogP contribution >= 0.6 is 0 Å². The highest BCUT2D eigenvalue weighted by atomic mass is 16.2. The Morgan fingerprint density at radius 3 is 2.36 bits per heavy atom. The van der Waals surface area contributed by atoms with E-state index in [0.29, 0.717) is 6.54 Å². The van der Waals surface area contributed by atoms with Gasteiger partial charge in [-0.3, -0.25) is 9.59 Å². The fourth-order valence-electron chi connectivity index (χ4n) is 0.968. The summed E-state index contributed by atoms with van der Waals surface area (Å²) in [7, 11) is 0. The number of carbonyl (C=O) groups is 2. The molecule has 0 radical (unpaired) electrons. The van der Waals surface area contributed by atoms with E-state index in [1.54, 1.807) is 0 Å². The molecule has 0 aromatic heterocycles. The Morgan fingerprint density at radius 2 is 2.00 bits per heavy atom. The predicted octanol–water partition coefficient (Wildman–Crippen LogP) is -0.682. The van der Waals surface area contributed by atoms with Crippen molar-refractivity contribution >= 4 is 11.8 Å². The molecular weight excluding hydrogens is 182 g/mol. The monoisotopic (exact) mass is 201 g/mol. The molecule has 0 heterocycles. The summed E-state index contributed by atoms with van der Waals surface area (Å²) in [5, 5.41) is 2.99. The second kappa shape index (κ2) is 6.37. The molecule has 5 nitrogen and oxygen atoms in total. The quantitative estimate of drug-likeness (QED) is 0.597. The van der Waals surface area contributed by atoms with Crippen LogP contribution in [-0.4, -0.2) is 42.4 Å². The van der Waals surface area contributed by atoms with Gasteiger partial charge in [0, 0.05) is 12.6 Å². The average molecular weight is 201 g/mol. The van der Waals surface area contributed by atoms with E-state index in [-0.39, 0.29) is 25.0 Å². The minimum absolute atomic E-state index is 0.00485.